The molecule has 14 heavy (non-hydrogen) atoms. The second-order valence-corrected chi connectivity index (χ2v) is 5.98. The summed E-state index contributed by atoms with van der Waals surface area (Å²) in [6.45, 7) is 2.35. The van der Waals surface area contributed by atoms with Gasteiger partial charge in [-0.3, -0.25) is 0 Å². The monoisotopic (exact) mass is 213 g/mol. The molecule has 1 saturated carbocycles. The van der Waals surface area contributed by atoms with Crippen LogP contribution in [-0.2, 0) is 0 Å². The zero-order valence-electron chi connectivity index (χ0n) is 9.30. The zero-order chi connectivity index (χ0) is 9.80. The van der Waals surface area contributed by atoms with Gasteiger partial charge in [0.25, 0.3) is 0 Å². The van der Waals surface area contributed by atoms with Crippen molar-refractivity contribution in [3.63, 3.8) is 0 Å². The molecule has 2 unspecified atom stereocenters. The highest BCUT2D eigenvalue weighted by Gasteiger charge is 2.27. The van der Waals surface area contributed by atoms with Crippen molar-refractivity contribution in [2.75, 3.05) is 11.5 Å². The molecular weight excluding hydrogens is 190 g/mol. The zero-order valence-corrected chi connectivity index (χ0v) is 10.1. The third-order valence-corrected chi connectivity index (χ3v) is 4.90. The van der Waals surface area contributed by atoms with Crippen molar-refractivity contribution in [3.05, 3.63) is 0 Å². The highest BCUT2D eigenvalue weighted by atomic mass is 32.2. The molecule has 82 valence electrons. The quantitative estimate of drug-likeness (QED) is 0.773. The number of rotatable bonds is 3. The summed E-state index contributed by atoms with van der Waals surface area (Å²) in [4.78, 5) is 0. The maximum atomic E-state index is 3.91. The first-order chi connectivity index (χ1) is 6.90. The van der Waals surface area contributed by atoms with Crippen LogP contribution in [0.1, 0.15) is 45.4 Å². The predicted octanol–water partition coefficient (Wildman–Crippen LogP) is 3.05. The summed E-state index contributed by atoms with van der Waals surface area (Å²) in [5.41, 5.74) is 0. The van der Waals surface area contributed by atoms with Crippen LogP contribution in [0.15, 0.2) is 0 Å². The van der Waals surface area contributed by atoms with Gasteiger partial charge in [0.15, 0.2) is 0 Å². The average molecular weight is 213 g/mol. The first-order valence-corrected chi connectivity index (χ1v) is 7.39. The van der Waals surface area contributed by atoms with E-state index in [-0.39, 0.29) is 0 Å². The maximum Gasteiger partial charge on any atom is 0.00978 e. The fraction of sp³-hybridized carbons (Fsp3) is 1.00. The molecule has 1 aliphatic carbocycles. The Morgan fingerprint density at radius 3 is 2.64 bits per heavy atom. The molecule has 1 nitrogen and oxygen atoms in total. The van der Waals surface area contributed by atoms with E-state index < -0.39 is 0 Å². The highest BCUT2D eigenvalue weighted by Crippen LogP contribution is 2.29. The Labute approximate surface area is 92.4 Å². The van der Waals surface area contributed by atoms with Crippen molar-refractivity contribution >= 4 is 11.8 Å². The van der Waals surface area contributed by atoms with Crippen molar-refractivity contribution in [2.24, 2.45) is 5.92 Å². The standard InChI is InChI=1S/C12H23NS/c1-2-10-4-3-5-12(10)13-11-6-8-14-9-7-11/h10-13H,2-9H2,1H3. The molecule has 2 heteroatoms. The van der Waals surface area contributed by atoms with Crippen molar-refractivity contribution in [1.29, 1.82) is 0 Å². The Balaban J connectivity index is 1.77. The van der Waals surface area contributed by atoms with Crippen LogP contribution in [-0.4, -0.2) is 23.6 Å². The molecule has 2 fully saturated rings. The Bertz CT molecular complexity index is 166. The van der Waals surface area contributed by atoms with Crippen LogP contribution in [0.4, 0.5) is 0 Å². The molecule has 0 amide bonds. The van der Waals surface area contributed by atoms with Gasteiger partial charge in [0.2, 0.25) is 0 Å². The summed E-state index contributed by atoms with van der Waals surface area (Å²) >= 11 is 2.12. The van der Waals surface area contributed by atoms with Gasteiger partial charge in [0, 0.05) is 12.1 Å². The van der Waals surface area contributed by atoms with Crippen LogP contribution >= 0.6 is 11.8 Å². The van der Waals surface area contributed by atoms with Crippen molar-refractivity contribution in [2.45, 2.75) is 57.5 Å². The minimum Gasteiger partial charge on any atom is -0.311 e. The second kappa shape index (κ2) is 5.41. The minimum atomic E-state index is 0.841. The van der Waals surface area contributed by atoms with Crippen molar-refractivity contribution in [3.8, 4) is 0 Å². The Kier molecular flexibility index (Phi) is 4.18. The topological polar surface area (TPSA) is 12.0 Å². The summed E-state index contributed by atoms with van der Waals surface area (Å²) in [6.07, 6.45) is 8.53. The number of nitrogens with one attached hydrogen (secondary N) is 1. The minimum absolute atomic E-state index is 0.841. The number of hydrogen-bond donors (Lipinski definition) is 1. The highest BCUT2D eigenvalue weighted by molar-refractivity contribution is 7.99. The van der Waals surface area contributed by atoms with E-state index in [9.17, 15) is 0 Å². The molecule has 0 aromatic rings. The summed E-state index contributed by atoms with van der Waals surface area (Å²) in [6, 6.07) is 1.70. The van der Waals surface area contributed by atoms with E-state index in [4.69, 9.17) is 0 Å². The van der Waals surface area contributed by atoms with Gasteiger partial charge < -0.3 is 5.32 Å². The fourth-order valence-corrected chi connectivity index (χ4v) is 4.02. The Morgan fingerprint density at radius 2 is 1.93 bits per heavy atom. The third-order valence-electron chi connectivity index (χ3n) is 3.85. The molecule has 0 bridgehead atoms. The van der Waals surface area contributed by atoms with Crippen LogP contribution in [0.25, 0.3) is 0 Å². The lowest BCUT2D eigenvalue weighted by Gasteiger charge is -2.29. The maximum absolute atomic E-state index is 3.91. The fourth-order valence-electron chi connectivity index (χ4n) is 2.91. The van der Waals surface area contributed by atoms with Crippen molar-refractivity contribution < 1.29 is 0 Å². The molecule has 0 spiro atoms. The molecule has 0 aromatic heterocycles. The summed E-state index contributed by atoms with van der Waals surface area (Å²) in [5, 5.41) is 3.91. The molecular formula is C12H23NS. The molecule has 2 atom stereocenters. The first kappa shape index (κ1) is 10.8. The molecule has 1 N–H and O–H groups in total. The van der Waals surface area contributed by atoms with Crippen LogP contribution in [0.3, 0.4) is 0 Å². The van der Waals surface area contributed by atoms with E-state index in [2.05, 4.69) is 24.0 Å². The number of thioether (sulfide) groups is 1. The molecule has 1 aliphatic heterocycles. The molecule has 1 saturated heterocycles. The lowest BCUT2D eigenvalue weighted by atomic mass is 9.99. The van der Waals surface area contributed by atoms with E-state index in [0.29, 0.717) is 0 Å². The van der Waals surface area contributed by atoms with Gasteiger partial charge in [-0.2, -0.15) is 11.8 Å². The van der Waals surface area contributed by atoms with Crippen LogP contribution in [0, 0.1) is 5.92 Å². The SMILES string of the molecule is CCC1CCCC1NC1CCSCC1. The average Bonchev–Trinajstić information content (AvgIpc) is 2.67. The molecule has 2 rings (SSSR count). The van der Waals surface area contributed by atoms with Gasteiger partial charge >= 0.3 is 0 Å². The van der Waals surface area contributed by atoms with Crippen molar-refractivity contribution in [1.82, 2.24) is 5.32 Å². The lowest BCUT2D eigenvalue weighted by molar-refractivity contribution is 0.336. The van der Waals surface area contributed by atoms with Crippen LogP contribution in [0.5, 0.6) is 0 Å². The third kappa shape index (κ3) is 2.66. The summed E-state index contributed by atoms with van der Waals surface area (Å²) in [7, 11) is 0. The van der Waals surface area contributed by atoms with Crippen LogP contribution in [0.2, 0.25) is 0 Å². The normalized spacial score (nSPS) is 34.9. The largest absolute Gasteiger partial charge is 0.311 e. The van der Waals surface area contributed by atoms with E-state index in [1.807, 2.05) is 0 Å². The Hall–Kier alpha value is 0.310. The predicted molar refractivity (Wildman–Crippen MR) is 64.9 cm³/mol. The second-order valence-electron chi connectivity index (χ2n) is 4.76. The van der Waals surface area contributed by atoms with Gasteiger partial charge in [-0.1, -0.05) is 19.8 Å². The summed E-state index contributed by atoms with van der Waals surface area (Å²) in [5.74, 6) is 3.73. The molecule has 1 heterocycles. The van der Waals surface area contributed by atoms with Crippen LogP contribution < -0.4 is 5.32 Å². The van der Waals surface area contributed by atoms with Gasteiger partial charge in [0.1, 0.15) is 0 Å². The van der Waals surface area contributed by atoms with E-state index in [0.717, 1.165) is 18.0 Å². The van der Waals surface area contributed by atoms with Gasteiger partial charge in [-0.15, -0.1) is 0 Å². The van der Waals surface area contributed by atoms with Gasteiger partial charge in [0.05, 0.1) is 0 Å². The van der Waals surface area contributed by atoms with Gasteiger partial charge in [-0.05, 0) is 43.1 Å². The summed E-state index contributed by atoms with van der Waals surface area (Å²) < 4.78 is 0. The lowest BCUT2D eigenvalue weighted by Crippen LogP contribution is -2.42. The van der Waals surface area contributed by atoms with E-state index in [1.165, 1.54) is 50.0 Å². The first-order valence-electron chi connectivity index (χ1n) is 6.24. The molecule has 0 aromatic carbocycles. The molecule has 0 radical (unpaired) electrons. The van der Waals surface area contributed by atoms with E-state index in [1.54, 1.807) is 0 Å². The number of hydrogen-bond acceptors (Lipinski definition) is 2. The van der Waals surface area contributed by atoms with E-state index >= 15 is 0 Å². The van der Waals surface area contributed by atoms with Gasteiger partial charge in [-0.25, -0.2) is 0 Å². The Morgan fingerprint density at radius 1 is 1.14 bits per heavy atom. The smallest absolute Gasteiger partial charge is 0.00978 e. The molecule has 2 aliphatic rings.